The van der Waals surface area contributed by atoms with E-state index in [2.05, 4.69) is 118 Å². The molecular weight excluding hydrogens is 1980 g/mol. The number of nitrogens with one attached hydrogen (secondary N) is 5. The predicted octanol–water partition coefficient (Wildman–Crippen LogP) is 17.0. The molecule has 0 spiro atoms. The second-order valence-corrected chi connectivity index (χ2v) is 54.8. The van der Waals surface area contributed by atoms with Crippen LogP contribution in [0.15, 0.2) is 73.2 Å². The van der Waals surface area contributed by atoms with E-state index in [9.17, 15) is 24.3 Å². The number of halogens is 3. The summed E-state index contributed by atoms with van der Waals surface area (Å²) in [5.41, 5.74) is 8.76. The Morgan fingerprint density at radius 1 is 0.434 bits per heavy atom. The molecule has 3 saturated heterocycles. The molecule has 7 aromatic rings. The van der Waals surface area contributed by atoms with Gasteiger partial charge in [-0.05, 0) is 265 Å². The van der Waals surface area contributed by atoms with Crippen molar-refractivity contribution < 1.29 is 52.7 Å². The van der Waals surface area contributed by atoms with Gasteiger partial charge in [-0.1, -0.05) is 34.7 Å². The third-order valence-corrected chi connectivity index (χ3v) is 39.5. The van der Waals surface area contributed by atoms with E-state index in [1.54, 1.807) is 16.1 Å². The van der Waals surface area contributed by atoms with Gasteiger partial charge in [0.15, 0.2) is 30.5 Å². The van der Waals surface area contributed by atoms with Crippen molar-refractivity contribution >= 4 is 115 Å². The summed E-state index contributed by atoms with van der Waals surface area (Å²) in [4.78, 5) is 106. The summed E-state index contributed by atoms with van der Waals surface area (Å²) < 4.78 is 41.2. The van der Waals surface area contributed by atoms with E-state index >= 15 is 0 Å². The first kappa shape index (κ1) is 112. The standard InChI is InChI=1S/C25H35N5O3.C20H31ClN4O3.C20H27N5O2.C13H19ClN4O.C7H13IO2.C5H4N.3C4H9.Sn/c1-25(2,3)29-21(31)17-30(14-16-33-22-12-5-7-15-32-22)24-18-9-8-11-19(18)27-23(28-24)20-10-4-6-13-26-20;1-20(2,3)24-16(26)13-25(10-12-28-17-9-4-5-11-27-17)18-14-7-6-8-15(14)22-19(21)23-18;1-20(2,3)24-17(27)13-25(11-12-26)19-14-7-6-9-15(14)22-18(23-19)16-8-4-5-10-21-16;1-13(2,3)18-10(19)7-15-11-8-5-4-6-9(8)16-12(14)17-11;8-4-6-10-7-3-1-2-5-9-7;1-2-4-6-5-3-1;3*1-3-4-2;/h4,6,10,13,22H,5,7-9,11-12,14-17H2,1-3H3,(H,29,31);17H,4-13H2,1-3H3,(H,24,26);4-5,8,10,26H,6-7,9,11-13H2,1-3H3,(H,24,27);4-7H2,1-3H3,(H,18,19)(H,15,16,17);7H,1-6H2;1-4H;3*1,3-4H2,2H3;. The van der Waals surface area contributed by atoms with Gasteiger partial charge in [-0.3, -0.25) is 29.1 Å². The molecular formula is C102H156Cl2IN19O11Sn. The molecule has 3 atom stereocenters. The number of amides is 4. The van der Waals surface area contributed by atoms with E-state index < -0.39 is 18.4 Å². The number of ether oxygens (including phenoxy) is 6. The Labute approximate surface area is 837 Å². The minimum Gasteiger partial charge on any atom is -0.353 e. The van der Waals surface area contributed by atoms with E-state index in [1.807, 2.05) is 140 Å². The van der Waals surface area contributed by atoms with Crippen molar-refractivity contribution in [2.75, 3.05) is 117 Å². The molecule has 4 amide bonds. The van der Waals surface area contributed by atoms with Crippen LogP contribution in [0.5, 0.6) is 0 Å². The summed E-state index contributed by atoms with van der Waals surface area (Å²) in [6.07, 6.45) is 34.8. The number of pyridine rings is 3. The molecule has 14 rings (SSSR count). The SMILES string of the molecule is CC(C)(C)NC(=O)CN(CCO)c1nc(-c2ccccn2)nc2c1CCC2.CC(C)(C)NC(=O)CN(CCOC1CCCCO1)c1nc(-c2ccccn2)nc2c1CCC2.CC(C)(C)NC(=O)CN(CCOC1CCCCO1)c1nc(Cl)nc2c1CCC2.CC(C)(C)NC(=O)CNc1nc(Cl)nc2c1CCC2.CCC[CH2][Sn]([CH2]CCC)([CH2]CCC)[c]1ccccn1.ICCOC1CCCCO1. The maximum Gasteiger partial charge on any atom is 0.157 e. The number of fused-ring (bicyclic) bond motifs is 4. The van der Waals surface area contributed by atoms with Crippen LogP contribution in [0.2, 0.25) is 23.9 Å². The number of hydrogen-bond donors (Lipinski definition) is 6. The third-order valence-electron chi connectivity index (χ3n) is 23.5. The van der Waals surface area contributed by atoms with Gasteiger partial charge >= 0.3 is 124 Å². The zero-order valence-corrected chi connectivity index (χ0v) is 90.4. The van der Waals surface area contributed by atoms with Gasteiger partial charge in [-0.25, -0.2) is 39.9 Å². The Morgan fingerprint density at radius 2 is 0.794 bits per heavy atom. The fraction of sp³-hybridized carbons (Fsp3) is 0.657. The summed E-state index contributed by atoms with van der Waals surface area (Å²) in [7, 11) is 0. The van der Waals surface area contributed by atoms with Gasteiger partial charge in [0.25, 0.3) is 0 Å². The van der Waals surface area contributed by atoms with Crippen molar-refractivity contribution in [1.82, 2.24) is 76.1 Å². The van der Waals surface area contributed by atoms with Gasteiger partial charge in [0, 0.05) is 112 Å². The van der Waals surface area contributed by atoms with Gasteiger partial charge in [0.05, 0.1) is 64.0 Å². The molecule has 750 valence electrons. The fourth-order valence-corrected chi connectivity index (χ4v) is 33.5. The Morgan fingerprint density at radius 3 is 1.15 bits per heavy atom. The molecule has 136 heavy (non-hydrogen) atoms. The van der Waals surface area contributed by atoms with Gasteiger partial charge < -0.3 is 74.8 Å². The smallest absolute Gasteiger partial charge is 0.157 e. The van der Waals surface area contributed by atoms with Gasteiger partial charge in [-0.2, -0.15) is 0 Å². The number of nitrogens with zero attached hydrogens (tertiary/aromatic N) is 14. The Bertz CT molecular complexity index is 4750. The molecule has 3 fully saturated rings. The number of rotatable bonds is 37. The van der Waals surface area contributed by atoms with Crippen LogP contribution in [-0.2, 0) is 99.0 Å². The maximum atomic E-state index is 12.9. The van der Waals surface area contributed by atoms with Gasteiger partial charge in [0.2, 0.25) is 34.2 Å². The number of hydrogen-bond acceptors (Lipinski definition) is 26. The normalized spacial score (nSPS) is 16.6. The van der Waals surface area contributed by atoms with E-state index in [1.165, 1.54) is 64.7 Å². The summed E-state index contributed by atoms with van der Waals surface area (Å²) in [5, 5.41) is 25.0. The molecule has 7 aliphatic rings. The molecule has 34 heteroatoms. The molecule has 0 saturated carbocycles. The largest absolute Gasteiger partial charge is 0.353 e. The van der Waals surface area contributed by atoms with Crippen LogP contribution in [0.4, 0.5) is 23.3 Å². The van der Waals surface area contributed by atoms with Crippen molar-refractivity contribution in [1.29, 1.82) is 0 Å². The number of unbranched alkanes of at least 4 members (excludes halogenated alkanes) is 3. The van der Waals surface area contributed by atoms with Gasteiger partial charge in [-0.15, -0.1) is 0 Å². The average molecular weight is 2140 g/mol. The van der Waals surface area contributed by atoms with Gasteiger partial charge in [0.1, 0.15) is 34.7 Å². The Kier molecular flexibility index (Phi) is 47.5. The van der Waals surface area contributed by atoms with Crippen LogP contribution in [0.1, 0.15) is 271 Å². The topological polar surface area (TPSA) is 356 Å². The molecule has 30 nitrogen and oxygen atoms in total. The number of aromatic nitrogens is 11. The number of aryl methyl sites for hydroxylation is 4. The van der Waals surface area contributed by atoms with Crippen LogP contribution in [0.25, 0.3) is 23.0 Å². The summed E-state index contributed by atoms with van der Waals surface area (Å²) in [5.74, 6) is 3.90. The number of aliphatic hydroxyl groups is 1. The molecule has 3 aliphatic heterocycles. The summed E-state index contributed by atoms with van der Waals surface area (Å²) in [6, 6.07) is 18.0. The first-order valence-electron chi connectivity index (χ1n) is 49.9. The molecule has 3 unspecified atom stereocenters. The van der Waals surface area contributed by atoms with Crippen LogP contribution >= 0.6 is 45.8 Å². The van der Waals surface area contributed by atoms with Crippen molar-refractivity contribution in [2.45, 2.75) is 332 Å². The molecule has 6 N–H and O–H groups in total. The molecule has 4 aliphatic carbocycles. The Balaban J connectivity index is 0.000000188. The van der Waals surface area contributed by atoms with Crippen LogP contribution in [-0.4, -0.2) is 239 Å². The fourth-order valence-electron chi connectivity index (χ4n) is 17.5. The first-order chi connectivity index (χ1) is 65.1. The quantitative estimate of drug-likeness (QED) is 0.00911. The molecule has 0 aromatic carbocycles. The van der Waals surface area contributed by atoms with Crippen molar-refractivity contribution in [3.05, 3.63) is 129 Å². The van der Waals surface area contributed by atoms with E-state index in [4.69, 9.17) is 76.5 Å². The molecule has 7 aromatic heterocycles. The Hall–Kier alpha value is -7.32. The van der Waals surface area contributed by atoms with Crippen molar-refractivity contribution in [2.24, 2.45) is 0 Å². The monoisotopic (exact) mass is 2140 g/mol. The van der Waals surface area contributed by atoms with Crippen LogP contribution in [0.3, 0.4) is 0 Å². The number of anilines is 4. The minimum absolute atomic E-state index is 0.0406. The molecule has 0 bridgehead atoms. The predicted molar refractivity (Wildman–Crippen MR) is 553 cm³/mol. The molecule has 10 heterocycles. The average Bonchev–Trinajstić information content (AvgIpc) is 1.69. The van der Waals surface area contributed by atoms with E-state index in [-0.39, 0.29) is 108 Å². The zero-order valence-electron chi connectivity index (χ0n) is 83.9. The molecule has 0 radical (unpaired) electrons. The second kappa shape index (κ2) is 57.6. The summed E-state index contributed by atoms with van der Waals surface area (Å²) >= 11 is 12.2. The number of carbonyl (C=O) groups is 4. The maximum absolute atomic E-state index is 12.9. The summed E-state index contributed by atoms with van der Waals surface area (Å²) in [6.45, 7) is 36.8. The van der Waals surface area contributed by atoms with Crippen molar-refractivity contribution in [3.8, 4) is 23.0 Å². The third kappa shape index (κ3) is 39.3. The van der Waals surface area contributed by atoms with E-state index in [0.29, 0.717) is 56.0 Å². The van der Waals surface area contributed by atoms with Crippen molar-refractivity contribution in [3.63, 3.8) is 0 Å². The number of alkyl halides is 1. The van der Waals surface area contributed by atoms with Crippen LogP contribution in [0, 0.1) is 0 Å². The first-order valence-corrected chi connectivity index (χ1v) is 59.6. The van der Waals surface area contributed by atoms with Crippen LogP contribution < -0.4 is 45.0 Å². The number of carbonyl (C=O) groups excluding carboxylic acids is 4. The van der Waals surface area contributed by atoms with E-state index in [0.717, 1.165) is 221 Å². The number of aliphatic hydroxyl groups excluding tert-OH is 1. The zero-order chi connectivity index (χ0) is 98.1. The second-order valence-electron chi connectivity index (χ2n) is 40.0. The minimum atomic E-state index is -2.21.